The molecule has 1 aromatic rings. The highest BCUT2D eigenvalue weighted by molar-refractivity contribution is 7.89. The quantitative estimate of drug-likeness (QED) is 0.619. The molecule has 0 aromatic carbocycles. The highest BCUT2D eigenvalue weighted by Crippen LogP contribution is 2.01. The van der Waals surface area contributed by atoms with Gasteiger partial charge in [0.05, 0.1) is 12.5 Å². The van der Waals surface area contributed by atoms with E-state index in [4.69, 9.17) is 0 Å². The summed E-state index contributed by atoms with van der Waals surface area (Å²) in [7, 11) is -3.51. The Labute approximate surface area is 89.5 Å². The van der Waals surface area contributed by atoms with Crippen LogP contribution in [0.25, 0.3) is 0 Å². The molecule has 0 fully saturated rings. The molecule has 0 bridgehead atoms. The van der Waals surface area contributed by atoms with Crippen LogP contribution in [0, 0.1) is 0 Å². The molecule has 15 heavy (non-hydrogen) atoms. The molecule has 1 rings (SSSR count). The van der Waals surface area contributed by atoms with E-state index in [1.165, 1.54) is 12.5 Å². The predicted molar refractivity (Wildman–Crippen MR) is 56.4 cm³/mol. The van der Waals surface area contributed by atoms with Crippen LogP contribution in [0.1, 0.15) is 26.7 Å². The lowest BCUT2D eigenvalue weighted by molar-refractivity contribution is 0.456. The third kappa shape index (κ3) is 3.29. The maximum Gasteiger partial charge on any atom is 0.270 e. The second kappa shape index (κ2) is 5.24. The number of rotatable bonds is 6. The average molecular weight is 232 g/mol. The molecule has 3 N–H and O–H groups in total. The molecule has 0 aliphatic heterocycles. The summed E-state index contributed by atoms with van der Waals surface area (Å²) in [5.74, 6) is 0. The van der Waals surface area contributed by atoms with Crippen LogP contribution in [0.3, 0.4) is 0 Å². The van der Waals surface area contributed by atoms with E-state index >= 15 is 0 Å². The van der Waals surface area contributed by atoms with E-state index in [0.717, 1.165) is 12.8 Å². The minimum atomic E-state index is -3.51. The van der Waals surface area contributed by atoms with Gasteiger partial charge >= 0.3 is 0 Å². The Kier molecular flexibility index (Phi) is 4.25. The van der Waals surface area contributed by atoms with E-state index in [1.807, 2.05) is 13.8 Å². The summed E-state index contributed by atoms with van der Waals surface area (Å²) in [5, 5.41) is 0.0564. The molecule has 0 unspecified atom stereocenters. The zero-order chi connectivity index (χ0) is 11.3. The van der Waals surface area contributed by atoms with Gasteiger partial charge < -0.3 is 4.98 Å². The first-order chi connectivity index (χ1) is 7.10. The number of sulfonamides is 1. The van der Waals surface area contributed by atoms with Gasteiger partial charge in [0.15, 0.2) is 5.03 Å². The number of aromatic amines is 1. The first-order valence-corrected chi connectivity index (χ1v) is 6.34. The second-order valence-corrected chi connectivity index (χ2v) is 4.83. The Bertz CT molecular complexity index is 369. The summed E-state index contributed by atoms with van der Waals surface area (Å²) in [5.41, 5.74) is 2.76. The number of nitrogens with one attached hydrogen (secondary N) is 3. The fourth-order valence-corrected chi connectivity index (χ4v) is 1.94. The van der Waals surface area contributed by atoms with E-state index < -0.39 is 10.0 Å². The summed E-state index contributed by atoms with van der Waals surface area (Å²) >= 11 is 0. The van der Waals surface area contributed by atoms with Crippen molar-refractivity contribution >= 4 is 10.0 Å². The molecule has 1 aromatic heterocycles. The molecule has 1 heterocycles. The molecule has 6 nitrogen and oxygen atoms in total. The summed E-state index contributed by atoms with van der Waals surface area (Å²) in [6.07, 6.45) is 4.31. The summed E-state index contributed by atoms with van der Waals surface area (Å²) in [6.45, 7) is 3.98. The Hall–Kier alpha value is -0.920. The van der Waals surface area contributed by atoms with Gasteiger partial charge in [-0.25, -0.2) is 18.8 Å². The number of hydrazine groups is 1. The standard InChI is InChI=1S/C8H16N4O2S/c1-3-7(4-2)11-12-15(13,14)8-5-9-6-10-8/h5-7,11-12H,3-4H2,1-2H3,(H,9,10). The molecule has 0 amide bonds. The molecular formula is C8H16N4O2S. The number of hydrogen-bond donors (Lipinski definition) is 3. The van der Waals surface area contributed by atoms with Gasteiger partial charge in [-0.3, -0.25) is 0 Å². The summed E-state index contributed by atoms with van der Waals surface area (Å²) in [4.78, 5) is 8.50. The van der Waals surface area contributed by atoms with Gasteiger partial charge in [-0.05, 0) is 12.8 Å². The van der Waals surface area contributed by atoms with Crippen molar-refractivity contribution in [3.8, 4) is 0 Å². The van der Waals surface area contributed by atoms with Crippen LogP contribution in [0.5, 0.6) is 0 Å². The molecule has 0 spiro atoms. The third-order valence-electron chi connectivity index (χ3n) is 2.15. The number of H-pyrrole nitrogens is 1. The van der Waals surface area contributed by atoms with E-state index in [0.29, 0.717) is 0 Å². The summed E-state index contributed by atoms with van der Waals surface area (Å²) < 4.78 is 23.2. The molecule has 0 saturated carbocycles. The SMILES string of the molecule is CCC(CC)NNS(=O)(=O)c1cnc[nH]1. The molecule has 0 aliphatic carbocycles. The highest BCUT2D eigenvalue weighted by atomic mass is 32.2. The third-order valence-corrected chi connectivity index (χ3v) is 3.33. The topological polar surface area (TPSA) is 86.9 Å². The zero-order valence-corrected chi connectivity index (χ0v) is 9.63. The molecular weight excluding hydrogens is 216 g/mol. The lowest BCUT2D eigenvalue weighted by Gasteiger charge is -2.14. The average Bonchev–Trinajstić information content (AvgIpc) is 2.72. The van der Waals surface area contributed by atoms with Crippen LogP contribution in [-0.2, 0) is 10.0 Å². The Morgan fingerprint density at radius 1 is 1.47 bits per heavy atom. The van der Waals surface area contributed by atoms with E-state index in [2.05, 4.69) is 20.2 Å². The largest absolute Gasteiger partial charge is 0.335 e. The minimum absolute atomic E-state index is 0.0564. The van der Waals surface area contributed by atoms with Gasteiger partial charge in [0.1, 0.15) is 0 Å². The summed E-state index contributed by atoms with van der Waals surface area (Å²) in [6, 6.07) is 0.141. The Balaban J connectivity index is 2.59. The van der Waals surface area contributed by atoms with Crippen molar-refractivity contribution in [2.45, 2.75) is 37.8 Å². The molecule has 0 radical (unpaired) electrons. The van der Waals surface area contributed by atoms with Crippen LogP contribution in [0.15, 0.2) is 17.6 Å². The Morgan fingerprint density at radius 2 is 2.13 bits per heavy atom. The fraction of sp³-hybridized carbons (Fsp3) is 0.625. The van der Waals surface area contributed by atoms with Crippen LogP contribution < -0.4 is 10.3 Å². The van der Waals surface area contributed by atoms with E-state index in [-0.39, 0.29) is 11.1 Å². The maximum atomic E-state index is 11.6. The van der Waals surface area contributed by atoms with Gasteiger partial charge in [0.25, 0.3) is 10.0 Å². The van der Waals surface area contributed by atoms with E-state index in [1.54, 1.807) is 0 Å². The van der Waals surface area contributed by atoms with Crippen molar-refractivity contribution in [3.63, 3.8) is 0 Å². The van der Waals surface area contributed by atoms with E-state index in [9.17, 15) is 8.42 Å². The molecule has 7 heteroatoms. The Morgan fingerprint density at radius 3 is 2.60 bits per heavy atom. The second-order valence-electron chi connectivity index (χ2n) is 3.18. The lowest BCUT2D eigenvalue weighted by atomic mass is 10.2. The van der Waals surface area contributed by atoms with Crippen molar-refractivity contribution in [2.75, 3.05) is 0 Å². The zero-order valence-electron chi connectivity index (χ0n) is 8.82. The van der Waals surface area contributed by atoms with Gasteiger partial charge in [0.2, 0.25) is 0 Å². The lowest BCUT2D eigenvalue weighted by Crippen LogP contribution is -2.43. The van der Waals surface area contributed by atoms with Crippen molar-refractivity contribution < 1.29 is 8.42 Å². The van der Waals surface area contributed by atoms with Crippen molar-refractivity contribution in [1.29, 1.82) is 0 Å². The van der Waals surface area contributed by atoms with Crippen LogP contribution in [-0.4, -0.2) is 24.4 Å². The smallest absolute Gasteiger partial charge is 0.270 e. The molecule has 0 atom stereocenters. The fourth-order valence-electron chi connectivity index (χ4n) is 1.10. The molecule has 86 valence electrons. The van der Waals surface area contributed by atoms with Gasteiger partial charge in [-0.1, -0.05) is 13.8 Å². The van der Waals surface area contributed by atoms with Gasteiger partial charge in [-0.2, -0.15) is 0 Å². The van der Waals surface area contributed by atoms with Crippen LogP contribution in [0.2, 0.25) is 0 Å². The first-order valence-electron chi connectivity index (χ1n) is 4.85. The monoisotopic (exact) mass is 232 g/mol. The van der Waals surface area contributed by atoms with Crippen LogP contribution in [0.4, 0.5) is 0 Å². The maximum absolute atomic E-state index is 11.6. The van der Waals surface area contributed by atoms with Crippen molar-refractivity contribution in [2.24, 2.45) is 0 Å². The number of nitrogens with zero attached hydrogens (tertiary/aromatic N) is 1. The number of aromatic nitrogens is 2. The van der Waals surface area contributed by atoms with Gasteiger partial charge in [0, 0.05) is 6.04 Å². The first kappa shape index (κ1) is 12.2. The predicted octanol–water partition coefficient (Wildman–Crippen LogP) is 0.381. The van der Waals surface area contributed by atoms with Crippen LogP contribution >= 0.6 is 0 Å². The van der Waals surface area contributed by atoms with Gasteiger partial charge in [-0.15, -0.1) is 4.83 Å². The molecule has 0 aliphatic rings. The minimum Gasteiger partial charge on any atom is -0.335 e. The number of imidazole rings is 1. The normalized spacial score (nSPS) is 12.2. The number of hydrogen-bond acceptors (Lipinski definition) is 4. The molecule has 0 saturated heterocycles. The van der Waals surface area contributed by atoms with Crippen molar-refractivity contribution in [1.82, 2.24) is 20.2 Å². The highest BCUT2D eigenvalue weighted by Gasteiger charge is 2.16. The van der Waals surface area contributed by atoms with Crippen molar-refractivity contribution in [3.05, 3.63) is 12.5 Å².